The summed E-state index contributed by atoms with van der Waals surface area (Å²) >= 11 is 0. The summed E-state index contributed by atoms with van der Waals surface area (Å²) in [5.41, 5.74) is 7.16. The van der Waals surface area contributed by atoms with Crippen LogP contribution in [0.2, 0.25) is 0 Å². The summed E-state index contributed by atoms with van der Waals surface area (Å²) in [7, 11) is 3.26. The predicted molar refractivity (Wildman–Crippen MR) is 84.8 cm³/mol. The maximum absolute atomic E-state index is 6.11. The third-order valence-corrected chi connectivity index (χ3v) is 3.85. The van der Waals surface area contributed by atoms with Crippen LogP contribution in [0.4, 0.5) is 0 Å². The molecule has 5 heteroatoms. The molecule has 1 aromatic carbocycles. The van der Waals surface area contributed by atoms with E-state index in [0.29, 0.717) is 18.4 Å². The largest absolute Gasteiger partial charge is 0.493 e. The van der Waals surface area contributed by atoms with Gasteiger partial charge in [0.25, 0.3) is 0 Å². The summed E-state index contributed by atoms with van der Waals surface area (Å²) in [6.45, 7) is 4.82. The van der Waals surface area contributed by atoms with Gasteiger partial charge in [0, 0.05) is 13.1 Å². The molecule has 1 heterocycles. The van der Waals surface area contributed by atoms with Crippen molar-refractivity contribution in [1.82, 2.24) is 4.90 Å². The molecule has 1 unspecified atom stereocenters. The summed E-state index contributed by atoms with van der Waals surface area (Å²) in [4.78, 5) is 6.68. The SMILES string of the molecule is COc1ccc(CN=C(N)N2CCCC(C)C2)cc1OC. The van der Waals surface area contributed by atoms with Crippen LogP contribution in [0.25, 0.3) is 0 Å². The highest BCUT2D eigenvalue weighted by Gasteiger charge is 2.17. The van der Waals surface area contributed by atoms with Crippen molar-refractivity contribution < 1.29 is 9.47 Å². The number of ether oxygens (including phenoxy) is 2. The van der Waals surface area contributed by atoms with Gasteiger partial charge in [-0.25, -0.2) is 4.99 Å². The Bertz CT molecular complexity index is 502. The lowest BCUT2D eigenvalue weighted by molar-refractivity contribution is 0.270. The number of methoxy groups -OCH3 is 2. The monoisotopic (exact) mass is 291 g/mol. The quantitative estimate of drug-likeness (QED) is 0.683. The number of piperidine rings is 1. The van der Waals surface area contributed by atoms with Gasteiger partial charge >= 0.3 is 0 Å². The zero-order chi connectivity index (χ0) is 15.2. The molecule has 5 nitrogen and oxygen atoms in total. The Kier molecular flexibility index (Phi) is 5.31. The second-order valence-electron chi connectivity index (χ2n) is 5.56. The average Bonchev–Trinajstić information content (AvgIpc) is 2.52. The molecule has 1 aliphatic heterocycles. The van der Waals surface area contributed by atoms with Gasteiger partial charge in [0.15, 0.2) is 17.5 Å². The van der Waals surface area contributed by atoms with E-state index < -0.39 is 0 Å². The van der Waals surface area contributed by atoms with Crippen molar-refractivity contribution >= 4 is 5.96 Å². The molecule has 0 spiro atoms. The Balaban J connectivity index is 2.02. The third-order valence-electron chi connectivity index (χ3n) is 3.85. The Morgan fingerprint density at radius 2 is 2.10 bits per heavy atom. The zero-order valence-corrected chi connectivity index (χ0v) is 13.1. The zero-order valence-electron chi connectivity index (χ0n) is 13.1. The Morgan fingerprint density at radius 3 is 2.76 bits per heavy atom. The predicted octanol–water partition coefficient (Wildman–Crippen LogP) is 2.25. The summed E-state index contributed by atoms with van der Waals surface area (Å²) in [6, 6.07) is 5.81. The van der Waals surface area contributed by atoms with Crippen LogP contribution in [-0.4, -0.2) is 38.2 Å². The summed E-state index contributed by atoms with van der Waals surface area (Å²) < 4.78 is 10.5. The van der Waals surface area contributed by atoms with Gasteiger partial charge in [0.05, 0.1) is 20.8 Å². The van der Waals surface area contributed by atoms with Crippen LogP contribution in [-0.2, 0) is 6.54 Å². The summed E-state index contributed by atoms with van der Waals surface area (Å²) in [5.74, 6) is 2.77. The first-order chi connectivity index (χ1) is 10.1. The van der Waals surface area contributed by atoms with Gasteiger partial charge in [-0.3, -0.25) is 0 Å². The molecule has 21 heavy (non-hydrogen) atoms. The molecule has 2 N–H and O–H groups in total. The van der Waals surface area contributed by atoms with E-state index in [-0.39, 0.29) is 0 Å². The molecule has 1 atom stereocenters. The summed E-state index contributed by atoms with van der Waals surface area (Å²) in [6.07, 6.45) is 2.47. The number of likely N-dealkylation sites (tertiary alicyclic amines) is 1. The number of aliphatic imine (C=N–C) groups is 1. The number of hydrogen-bond acceptors (Lipinski definition) is 3. The molecule has 116 valence electrons. The van der Waals surface area contributed by atoms with Crippen LogP contribution in [0.5, 0.6) is 11.5 Å². The number of guanidine groups is 1. The van der Waals surface area contributed by atoms with E-state index in [2.05, 4.69) is 16.8 Å². The fourth-order valence-corrected chi connectivity index (χ4v) is 2.65. The molecule has 0 aromatic heterocycles. The van der Waals surface area contributed by atoms with Gasteiger partial charge in [-0.05, 0) is 36.5 Å². The number of rotatable bonds is 4. The first-order valence-electron chi connectivity index (χ1n) is 7.39. The lowest BCUT2D eigenvalue weighted by atomic mass is 10.0. The fourth-order valence-electron chi connectivity index (χ4n) is 2.65. The molecule has 1 aromatic rings. The highest BCUT2D eigenvalue weighted by molar-refractivity contribution is 5.78. The Hall–Kier alpha value is -1.91. The molecule has 0 bridgehead atoms. The highest BCUT2D eigenvalue weighted by Crippen LogP contribution is 2.27. The van der Waals surface area contributed by atoms with E-state index in [4.69, 9.17) is 15.2 Å². The van der Waals surface area contributed by atoms with Crippen molar-refractivity contribution in [1.29, 1.82) is 0 Å². The standard InChI is InChI=1S/C16H25N3O2/c1-12-5-4-8-19(11-12)16(17)18-10-13-6-7-14(20-2)15(9-13)21-3/h6-7,9,12H,4-5,8,10-11H2,1-3H3,(H2,17,18). The van der Waals surface area contributed by atoms with Gasteiger partial charge < -0.3 is 20.1 Å². The van der Waals surface area contributed by atoms with Crippen LogP contribution >= 0.6 is 0 Å². The van der Waals surface area contributed by atoms with Crippen LogP contribution in [0, 0.1) is 5.92 Å². The minimum atomic E-state index is 0.553. The summed E-state index contributed by atoms with van der Waals surface area (Å²) in [5, 5.41) is 0. The number of hydrogen-bond donors (Lipinski definition) is 1. The molecule has 0 radical (unpaired) electrons. The van der Waals surface area contributed by atoms with E-state index >= 15 is 0 Å². The molecule has 0 saturated carbocycles. The second kappa shape index (κ2) is 7.20. The molecule has 1 aliphatic rings. The van der Waals surface area contributed by atoms with E-state index in [1.807, 2.05) is 18.2 Å². The minimum Gasteiger partial charge on any atom is -0.493 e. The first kappa shape index (κ1) is 15.5. The van der Waals surface area contributed by atoms with E-state index in [1.54, 1.807) is 14.2 Å². The molecule has 1 fully saturated rings. The van der Waals surface area contributed by atoms with Crippen molar-refractivity contribution in [2.75, 3.05) is 27.3 Å². The van der Waals surface area contributed by atoms with Gasteiger partial charge in [-0.15, -0.1) is 0 Å². The van der Waals surface area contributed by atoms with Gasteiger partial charge in [0.1, 0.15) is 0 Å². The number of nitrogens with zero attached hydrogens (tertiary/aromatic N) is 2. The number of benzene rings is 1. The Morgan fingerprint density at radius 1 is 1.33 bits per heavy atom. The van der Waals surface area contributed by atoms with Crippen LogP contribution in [0.15, 0.2) is 23.2 Å². The second-order valence-corrected chi connectivity index (χ2v) is 5.56. The fraction of sp³-hybridized carbons (Fsp3) is 0.562. The van der Waals surface area contributed by atoms with Gasteiger partial charge in [0.2, 0.25) is 0 Å². The Labute approximate surface area is 126 Å². The lowest BCUT2D eigenvalue weighted by Crippen LogP contribution is -2.43. The van der Waals surface area contributed by atoms with Crippen LogP contribution in [0.3, 0.4) is 0 Å². The van der Waals surface area contributed by atoms with Gasteiger partial charge in [-0.1, -0.05) is 13.0 Å². The molecule has 0 amide bonds. The topological polar surface area (TPSA) is 60.1 Å². The van der Waals surface area contributed by atoms with Crippen molar-refractivity contribution in [2.45, 2.75) is 26.3 Å². The molecule has 2 rings (SSSR count). The van der Waals surface area contributed by atoms with Crippen LogP contribution < -0.4 is 15.2 Å². The normalized spacial score (nSPS) is 19.5. The van der Waals surface area contributed by atoms with Crippen molar-refractivity contribution in [2.24, 2.45) is 16.6 Å². The van der Waals surface area contributed by atoms with E-state index in [9.17, 15) is 0 Å². The maximum atomic E-state index is 6.11. The average molecular weight is 291 g/mol. The first-order valence-corrected chi connectivity index (χ1v) is 7.39. The molecular weight excluding hydrogens is 266 g/mol. The molecule has 0 aliphatic carbocycles. The van der Waals surface area contributed by atoms with Crippen molar-refractivity contribution in [3.8, 4) is 11.5 Å². The van der Waals surface area contributed by atoms with Crippen molar-refractivity contribution in [3.63, 3.8) is 0 Å². The van der Waals surface area contributed by atoms with Gasteiger partial charge in [-0.2, -0.15) is 0 Å². The van der Waals surface area contributed by atoms with E-state index in [0.717, 1.165) is 30.2 Å². The third kappa shape index (κ3) is 4.03. The highest BCUT2D eigenvalue weighted by atomic mass is 16.5. The van der Waals surface area contributed by atoms with E-state index in [1.165, 1.54) is 12.8 Å². The minimum absolute atomic E-state index is 0.553. The van der Waals surface area contributed by atoms with Crippen molar-refractivity contribution in [3.05, 3.63) is 23.8 Å². The molecule has 1 saturated heterocycles. The maximum Gasteiger partial charge on any atom is 0.191 e. The molecular formula is C16H25N3O2. The van der Waals surface area contributed by atoms with Crippen LogP contribution in [0.1, 0.15) is 25.3 Å². The number of nitrogens with two attached hydrogens (primary N) is 1. The smallest absolute Gasteiger partial charge is 0.191 e. The lowest BCUT2D eigenvalue weighted by Gasteiger charge is -2.31.